The van der Waals surface area contributed by atoms with Crippen molar-refractivity contribution in [2.24, 2.45) is 0 Å². The molecule has 5 nitrogen and oxygen atoms in total. The largest absolute Gasteiger partial charge is 0.373 e. The molecule has 1 aromatic heterocycles. The first-order valence-electron chi connectivity index (χ1n) is 6.66. The Morgan fingerprint density at radius 3 is 2.94 bits per heavy atom. The fourth-order valence-electron chi connectivity index (χ4n) is 2.12. The zero-order valence-corrected chi connectivity index (χ0v) is 11.4. The van der Waals surface area contributed by atoms with E-state index in [0.29, 0.717) is 0 Å². The molecule has 0 radical (unpaired) electrons. The Morgan fingerprint density at radius 2 is 2.28 bits per heavy atom. The van der Waals surface area contributed by atoms with Gasteiger partial charge in [0.15, 0.2) is 5.82 Å². The number of rotatable bonds is 4. The fourth-order valence-corrected chi connectivity index (χ4v) is 2.12. The lowest BCUT2D eigenvalue weighted by Gasteiger charge is -2.31. The number of hydrogen-bond donors (Lipinski definition) is 1. The molecule has 1 aliphatic heterocycles. The third-order valence-electron chi connectivity index (χ3n) is 3.30. The number of likely N-dealkylation sites (N-methyl/N-ethyl adjacent to an activating group) is 1. The van der Waals surface area contributed by atoms with E-state index in [9.17, 15) is 0 Å². The third kappa shape index (κ3) is 2.97. The minimum Gasteiger partial charge on any atom is -0.373 e. The summed E-state index contributed by atoms with van der Waals surface area (Å²) in [5.74, 6) is 1.67. The smallest absolute Gasteiger partial charge is 0.161 e. The molecule has 1 aromatic rings. The molecule has 1 N–H and O–H groups in total. The summed E-state index contributed by atoms with van der Waals surface area (Å²) in [4.78, 5) is 11.5. The van der Waals surface area contributed by atoms with Gasteiger partial charge in [0.1, 0.15) is 11.9 Å². The van der Waals surface area contributed by atoms with Gasteiger partial charge in [-0.1, -0.05) is 13.8 Å². The van der Waals surface area contributed by atoms with Gasteiger partial charge in [-0.2, -0.15) is 0 Å². The quantitative estimate of drug-likeness (QED) is 0.877. The number of morpholine rings is 1. The molecule has 1 saturated heterocycles. The molecule has 0 bridgehead atoms. The van der Waals surface area contributed by atoms with Crippen molar-refractivity contribution in [2.75, 3.05) is 38.6 Å². The highest BCUT2D eigenvalue weighted by Gasteiger charge is 2.23. The van der Waals surface area contributed by atoms with Gasteiger partial charge in [0.2, 0.25) is 0 Å². The molecular weight excluding hydrogens is 228 g/mol. The van der Waals surface area contributed by atoms with E-state index in [4.69, 9.17) is 4.74 Å². The molecule has 5 heteroatoms. The van der Waals surface area contributed by atoms with Crippen LogP contribution < -0.4 is 5.32 Å². The molecule has 0 saturated carbocycles. The van der Waals surface area contributed by atoms with Crippen LogP contribution in [0.5, 0.6) is 0 Å². The SMILES string of the molecule is CCc1cc(NC)nc(C2CN(CC)CCO2)n1. The molecular formula is C13H22N4O. The number of ether oxygens (including phenoxy) is 1. The first-order valence-corrected chi connectivity index (χ1v) is 6.66. The predicted molar refractivity (Wildman–Crippen MR) is 71.8 cm³/mol. The summed E-state index contributed by atoms with van der Waals surface area (Å²) >= 11 is 0. The van der Waals surface area contributed by atoms with E-state index >= 15 is 0 Å². The van der Waals surface area contributed by atoms with Crippen LogP contribution in [0.2, 0.25) is 0 Å². The average molecular weight is 250 g/mol. The number of nitrogens with zero attached hydrogens (tertiary/aromatic N) is 3. The van der Waals surface area contributed by atoms with Gasteiger partial charge in [-0.15, -0.1) is 0 Å². The maximum atomic E-state index is 5.80. The minimum absolute atomic E-state index is 0.00250. The maximum absolute atomic E-state index is 5.80. The van der Waals surface area contributed by atoms with Gasteiger partial charge >= 0.3 is 0 Å². The minimum atomic E-state index is -0.00250. The highest BCUT2D eigenvalue weighted by Crippen LogP contribution is 2.21. The van der Waals surface area contributed by atoms with Gasteiger partial charge in [0.25, 0.3) is 0 Å². The van der Waals surface area contributed by atoms with Crippen LogP contribution in [0.3, 0.4) is 0 Å². The van der Waals surface area contributed by atoms with Crippen molar-refractivity contribution in [3.8, 4) is 0 Å². The summed E-state index contributed by atoms with van der Waals surface area (Å²) in [6, 6.07) is 1.99. The van der Waals surface area contributed by atoms with Crippen LogP contribution in [-0.4, -0.2) is 48.2 Å². The predicted octanol–water partition coefficient (Wildman–Crippen LogP) is 1.47. The van der Waals surface area contributed by atoms with Gasteiger partial charge in [-0.05, 0) is 13.0 Å². The normalized spacial score (nSPS) is 20.9. The molecule has 1 atom stereocenters. The molecule has 0 amide bonds. The van der Waals surface area contributed by atoms with Crippen molar-refractivity contribution in [2.45, 2.75) is 26.4 Å². The number of nitrogens with one attached hydrogen (secondary N) is 1. The lowest BCUT2D eigenvalue weighted by Crippen LogP contribution is -2.38. The Morgan fingerprint density at radius 1 is 1.44 bits per heavy atom. The second-order valence-corrected chi connectivity index (χ2v) is 4.46. The van der Waals surface area contributed by atoms with Gasteiger partial charge in [0, 0.05) is 31.9 Å². The second kappa shape index (κ2) is 6.11. The third-order valence-corrected chi connectivity index (χ3v) is 3.30. The van der Waals surface area contributed by atoms with Gasteiger partial charge in [0.05, 0.1) is 6.61 Å². The highest BCUT2D eigenvalue weighted by molar-refractivity contribution is 5.35. The van der Waals surface area contributed by atoms with Crippen LogP contribution in [0.25, 0.3) is 0 Å². The molecule has 1 fully saturated rings. The van der Waals surface area contributed by atoms with E-state index in [1.807, 2.05) is 13.1 Å². The lowest BCUT2D eigenvalue weighted by atomic mass is 10.2. The highest BCUT2D eigenvalue weighted by atomic mass is 16.5. The fraction of sp³-hybridized carbons (Fsp3) is 0.692. The van der Waals surface area contributed by atoms with E-state index < -0.39 is 0 Å². The summed E-state index contributed by atoms with van der Waals surface area (Å²) in [6.07, 6.45) is 0.909. The number of aromatic nitrogens is 2. The van der Waals surface area contributed by atoms with E-state index in [-0.39, 0.29) is 6.10 Å². The molecule has 100 valence electrons. The number of aryl methyl sites for hydroxylation is 1. The van der Waals surface area contributed by atoms with Crippen LogP contribution in [0, 0.1) is 0 Å². The van der Waals surface area contributed by atoms with Crippen LogP contribution in [0.1, 0.15) is 31.5 Å². The van der Waals surface area contributed by atoms with Crippen LogP contribution >= 0.6 is 0 Å². The number of anilines is 1. The topological polar surface area (TPSA) is 50.3 Å². The Bertz CT molecular complexity index is 374. The standard InChI is InChI=1S/C13H22N4O/c1-4-10-8-12(14-3)16-13(15-10)11-9-17(5-2)6-7-18-11/h8,11H,4-7,9H2,1-3H3,(H,14,15,16). The van der Waals surface area contributed by atoms with E-state index in [2.05, 4.69) is 34.0 Å². The Kier molecular flexibility index (Phi) is 4.49. The Labute approximate surface area is 109 Å². The molecule has 1 unspecified atom stereocenters. The Balaban J connectivity index is 2.20. The molecule has 0 aliphatic carbocycles. The second-order valence-electron chi connectivity index (χ2n) is 4.46. The van der Waals surface area contributed by atoms with E-state index in [0.717, 1.165) is 50.0 Å². The summed E-state index contributed by atoms with van der Waals surface area (Å²) in [5, 5.41) is 3.09. The van der Waals surface area contributed by atoms with Gasteiger partial charge < -0.3 is 10.1 Å². The van der Waals surface area contributed by atoms with E-state index in [1.54, 1.807) is 0 Å². The molecule has 18 heavy (non-hydrogen) atoms. The van der Waals surface area contributed by atoms with Crippen LogP contribution in [0.15, 0.2) is 6.07 Å². The Hall–Kier alpha value is -1.20. The molecule has 0 aromatic carbocycles. The summed E-state index contributed by atoms with van der Waals surface area (Å²) in [5.41, 5.74) is 1.06. The lowest BCUT2D eigenvalue weighted by molar-refractivity contribution is -0.0326. The first kappa shape index (κ1) is 13.2. The molecule has 1 aliphatic rings. The molecule has 2 heterocycles. The van der Waals surface area contributed by atoms with Crippen molar-refractivity contribution in [3.05, 3.63) is 17.6 Å². The molecule has 2 rings (SSSR count). The number of hydrogen-bond acceptors (Lipinski definition) is 5. The average Bonchev–Trinajstić information content (AvgIpc) is 2.46. The van der Waals surface area contributed by atoms with Crippen molar-refractivity contribution in [1.29, 1.82) is 0 Å². The van der Waals surface area contributed by atoms with E-state index in [1.165, 1.54) is 0 Å². The summed E-state index contributed by atoms with van der Waals surface area (Å²) in [7, 11) is 1.88. The van der Waals surface area contributed by atoms with Crippen molar-refractivity contribution >= 4 is 5.82 Å². The van der Waals surface area contributed by atoms with Crippen molar-refractivity contribution in [1.82, 2.24) is 14.9 Å². The van der Waals surface area contributed by atoms with Crippen molar-refractivity contribution in [3.63, 3.8) is 0 Å². The van der Waals surface area contributed by atoms with Crippen LogP contribution in [0.4, 0.5) is 5.82 Å². The maximum Gasteiger partial charge on any atom is 0.161 e. The van der Waals surface area contributed by atoms with Crippen LogP contribution in [-0.2, 0) is 11.2 Å². The van der Waals surface area contributed by atoms with Gasteiger partial charge in [-0.25, -0.2) is 9.97 Å². The van der Waals surface area contributed by atoms with Crippen molar-refractivity contribution < 1.29 is 4.74 Å². The zero-order chi connectivity index (χ0) is 13.0. The molecule has 0 spiro atoms. The zero-order valence-electron chi connectivity index (χ0n) is 11.4. The summed E-state index contributed by atoms with van der Waals surface area (Å²) in [6.45, 7) is 7.96. The summed E-state index contributed by atoms with van der Waals surface area (Å²) < 4.78 is 5.80. The first-order chi connectivity index (χ1) is 8.76. The monoisotopic (exact) mass is 250 g/mol. The van der Waals surface area contributed by atoms with Gasteiger partial charge in [-0.3, -0.25) is 4.90 Å².